The van der Waals surface area contributed by atoms with E-state index in [1.54, 1.807) is 44.3 Å². The Morgan fingerprint density at radius 1 is 1.19 bits per heavy atom. The molecule has 1 aliphatic rings. The van der Waals surface area contributed by atoms with Crippen LogP contribution < -0.4 is 5.48 Å². The average Bonchev–Trinajstić information content (AvgIpc) is 3.25. The number of ether oxygens (including phenoxy) is 1. The number of carbonyl (C=O) groups is 2. The summed E-state index contributed by atoms with van der Waals surface area (Å²) in [5.74, 6) is -2.62. The number of amides is 1. The summed E-state index contributed by atoms with van der Waals surface area (Å²) >= 11 is 0. The minimum atomic E-state index is -3.42. The number of aliphatic carboxylic acids is 1. The van der Waals surface area contributed by atoms with Crippen molar-refractivity contribution >= 4 is 31.0 Å². The molecule has 1 aromatic carbocycles. The second-order valence-corrected chi connectivity index (χ2v) is 10.4. The lowest BCUT2D eigenvalue weighted by Crippen LogP contribution is -2.59. The number of hydrogen-bond acceptors (Lipinski definition) is 9. The van der Waals surface area contributed by atoms with E-state index in [4.69, 9.17) is 9.57 Å². The van der Waals surface area contributed by atoms with Gasteiger partial charge in [-0.3, -0.25) is 9.63 Å². The van der Waals surface area contributed by atoms with Crippen molar-refractivity contribution in [2.75, 3.05) is 0 Å². The Morgan fingerprint density at radius 3 is 2.49 bits per heavy atom. The number of aromatic amines is 1. The Hall–Kier alpha value is -2.48. The Balaban J connectivity index is 1.83. The van der Waals surface area contributed by atoms with Crippen LogP contribution in [0.2, 0.25) is 0 Å². The molecule has 0 aliphatic carbocycles. The highest BCUT2D eigenvalue weighted by Gasteiger charge is 2.48. The molecule has 13 nitrogen and oxygen atoms in total. The van der Waals surface area contributed by atoms with Gasteiger partial charge in [-0.05, 0) is 35.5 Å². The molecule has 1 fully saturated rings. The molecular formula is C23H33N3O10P+. The van der Waals surface area contributed by atoms with Crippen LogP contribution in [0.5, 0.6) is 0 Å². The predicted octanol–water partition coefficient (Wildman–Crippen LogP) is 0.405. The number of carbonyl (C=O) groups excluding carboxylic acids is 1. The molecule has 1 unspecified atom stereocenters. The van der Waals surface area contributed by atoms with Crippen molar-refractivity contribution < 1.29 is 49.0 Å². The molecule has 1 aromatic heterocycles. The number of hydrogen-bond donors (Lipinski definition) is 7. The Morgan fingerprint density at radius 2 is 1.86 bits per heavy atom. The molecule has 1 aliphatic heterocycles. The third-order valence-corrected chi connectivity index (χ3v) is 7.06. The van der Waals surface area contributed by atoms with E-state index in [0.29, 0.717) is 15.6 Å². The molecule has 2 heterocycles. The van der Waals surface area contributed by atoms with Gasteiger partial charge in [0.2, 0.25) is 6.29 Å². The summed E-state index contributed by atoms with van der Waals surface area (Å²) in [6.45, 7) is 5.01. The van der Waals surface area contributed by atoms with E-state index >= 15 is 0 Å². The van der Waals surface area contributed by atoms with Crippen molar-refractivity contribution in [1.29, 1.82) is 0 Å². The van der Waals surface area contributed by atoms with Crippen LogP contribution in [-0.2, 0) is 30.1 Å². The van der Waals surface area contributed by atoms with Crippen LogP contribution in [0, 0.1) is 5.92 Å². The SMILES string of the molecule is CC(C)C[C@H](NO[C@@H]1O[C@@H](C)[C@H](O)[C@@H](O)[C@H]1O)C(=O)N([C@@H](Cc1c[nH]c2ccccc12)C(=O)O)[P+](=O)O. The van der Waals surface area contributed by atoms with Crippen molar-refractivity contribution in [3.05, 3.63) is 36.0 Å². The zero-order chi connectivity index (χ0) is 27.4. The molecule has 1 amide bonds. The molecule has 0 spiro atoms. The molecule has 8 atom stereocenters. The van der Waals surface area contributed by atoms with Crippen LogP contribution >= 0.6 is 8.18 Å². The van der Waals surface area contributed by atoms with Gasteiger partial charge in [-0.1, -0.05) is 36.7 Å². The number of hydroxylamine groups is 1. The van der Waals surface area contributed by atoms with Crippen LogP contribution in [0.3, 0.4) is 0 Å². The lowest BCUT2D eigenvalue weighted by atomic mass is 10.00. The monoisotopic (exact) mass is 542 g/mol. The van der Waals surface area contributed by atoms with Crippen molar-refractivity contribution in [3.63, 3.8) is 0 Å². The molecule has 14 heteroatoms. The van der Waals surface area contributed by atoms with Gasteiger partial charge in [-0.2, -0.15) is 5.48 Å². The van der Waals surface area contributed by atoms with Gasteiger partial charge in [-0.25, -0.2) is 4.79 Å². The standard InChI is InChI=1S/C23H32N3O10P/c1-11(2)8-16(25-36-23-20(29)19(28)18(27)12(3)35-23)21(30)26(37(33)34)17(22(31)32)9-13-10-24-15-7-5-4-6-14(13)15/h4-7,10-12,16-20,23-25,27-29H,8-9H2,1-3H3,(H-,31,32,33,34)/p+1/t12-,16-,17-,18-,19+,20+,23-/m0/s1. The number of nitrogens with zero attached hydrogens (tertiary/aromatic N) is 1. The number of benzene rings is 1. The Labute approximate surface area is 213 Å². The summed E-state index contributed by atoms with van der Waals surface area (Å²) in [6, 6.07) is 4.15. The molecular weight excluding hydrogens is 509 g/mol. The summed E-state index contributed by atoms with van der Waals surface area (Å²) in [4.78, 5) is 44.1. The highest BCUT2D eigenvalue weighted by atomic mass is 31.1. The second-order valence-electron chi connectivity index (χ2n) is 9.45. The molecule has 1 saturated heterocycles. The number of carboxylic acids is 1. The van der Waals surface area contributed by atoms with Gasteiger partial charge in [0.25, 0.3) is 5.91 Å². The second kappa shape index (κ2) is 12.4. The maximum atomic E-state index is 13.5. The number of aromatic nitrogens is 1. The van der Waals surface area contributed by atoms with E-state index < -0.39 is 62.8 Å². The average molecular weight is 543 g/mol. The zero-order valence-electron chi connectivity index (χ0n) is 20.6. The van der Waals surface area contributed by atoms with Crippen LogP contribution in [0.4, 0.5) is 0 Å². The minimum Gasteiger partial charge on any atom is -0.480 e. The van der Waals surface area contributed by atoms with Crippen LogP contribution in [0.15, 0.2) is 30.5 Å². The van der Waals surface area contributed by atoms with E-state index in [1.807, 2.05) is 0 Å². The van der Waals surface area contributed by atoms with Gasteiger partial charge in [-0.15, -0.1) is 4.89 Å². The molecule has 0 bridgehead atoms. The molecule has 7 N–H and O–H groups in total. The topological polar surface area (TPSA) is 202 Å². The van der Waals surface area contributed by atoms with Gasteiger partial charge in [0.15, 0.2) is 6.04 Å². The highest BCUT2D eigenvalue weighted by molar-refractivity contribution is 7.36. The fraction of sp³-hybridized carbons (Fsp3) is 0.565. The first kappa shape index (κ1) is 29.1. The molecule has 37 heavy (non-hydrogen) atoms. The smallest absolute Gasteiger partial charge is 0.480 e. The lowest BCUT2D eigenvalue weighted by Gasteiger charge is -2.39. The number of carboxylic acid groups (broad SMARTS) is 1. The van der Waals surface area contributed by atoms with Gasteiger partial charge in [0.05, 0.1) is 6.10 Å². The predicted molar refractivity (Wildman–Crippen MR) is 130 cm³/mol. The largest absolute Gasteiger partial charge is 0.646 e. The molecule has 0 radical (unpaired) electrons. The first-order valence-electron chi connectivity index (χ1n) is 11.8. The number of fused-ring (bicyclic) bond motifs is 1. The molecule has 0 saturated carbocycles. The fourth-order valence-electron chi connectivity index (χ4n) is 4.23. The van der Waals surface area contributed by atoms with Crippen LogP contribution in [0.25, 0.3) is 10.9 Å². The maximum absolute atomic E-state index is 13.5. The van der Waals surface area contributed by atoms with Crippen LogP contribution in [0.1, 0.15) is 32.8 Å². The number of nitrogens with one attached hydrogen (secondary N) is 2. The first-order valence-corrected chi connectivity index (χ1v) is 13.0. The summed E-state index contributed by atoms with van der Waals surface area (Å²) < 4.78 is 18.1. The normalized spacial score (nSPS) is 26.2. The molecule has 204 valence electrons. The fourth-order valence-corrected chi connectivity index (χ4v) is 4.96. The maximum Gasteiger partial charge on any atom is 0.646 e. The first-order chi connectivity index (χ1) is 17.4. The summed E-state index contributed by atoms with van der Waals surface area (Å²) in [5.41, 5.74) is 3.70. The quantitative estimate of drug-likeness (QED) is 0.153. The van der Waals surface area contributed by atoms with Crippen molar-refractivity contribution in [3.8, 4) is 0 Å². The number of aliphatic hydroxyl groups excluding tert-OH is 3. The molecule has 2 aromatic rings. The van der Waals surface area contributed by atoms with E-state index in [9.17, 15) is 39.5 Å². The highest BCUT2D eigenvalue weighted by Crippen LogP contribution is 2.31. The van der Waals surface area contributed by atoms with Gasteiger partial charge < -0.3 is 30.1 Å². The summed E-state index contributed by atoms with van der Waals surface area (Å²) in [7, 11) is -3.42. The van der Waals surface area contributed by atoms with Gasteiger partial charge in [0.1, 0.15) is 24.4 Å². The number of rotatable bonds is 11. The van der Waals surface area contributed by atoms with E-state index in [1.165, 1.54) is 6.92 Å². The van der Waals surface area contributed by atoms with Gasteiger partial charge >= 0.3 is 14.1 Å². The van der Waals surface area contributed by atoms with Crippen molar-refractivity contribution in [1.82, 2.24) is 15.1 Å². The van der Waals surface area contributed by atoms with E-state index in [2.05, 4.69) is 10.5 Å². The number of H-pyrrole nitrogens is 1. The zero-order valence-corrected chi connectivity index (χ0v) is 21.5. The van der Waals surface area contributed by atoms with Crippen molar-refractivity contribution in [2.24, 2.45) is 5.92 Å². The van der Waals surface area contributed by atoms with Gasteiger partial charge in [0, 0.05) is 23.5 Å². The third-order valence-electron chi connectivity index (χ3n) is 6.22. The van der Waals surface area contributed by atoms with Crippen molar-refractivity contribution in [2.45, 2.75) is 76.4 Å². The number of aliphatic hydroxyl groups is 3. The Bertz CT molecular complexity index is 1110. The van der Waals surface area contributed by atoms with E-state index in [0.717, 1.165) is 5.52 Å². The molecule has 3 rings (SSSR count). The summed E-state index contributed by atoms with van der Waals surface area (Å²) in [6.07, 6.45) is -5.57. The third kappa shape index (κ3) is 6.70. The minimum absolute atomic E-state index is 0.0709. The lowest BCUT2D eigenvalue weighted by molar-refractivity contribution is -0.311. The Kier molecular flexibility index (Phi) is 9.73. The van der Waals surface area contributed by atoms with E-state index in [-0.39, 0.29) is 18.8 Å². The van der Waals surface area contributed by atoms with Crippen LogP contribution in [-0.4, -0.2) is 89.6 Å². The number of para-hydroxylation sites is 1. The summed E-state index contributed by atoms with van der Waals surface area (Å²) in [5, 5.41) is 40.7.